The normalized spacial score (nSPS) is 11.2. The fourth-order valence-corrected chi connectivity index (χ4v) is 0.752. The van der Waals surface area contributed by atoms with Gasteiger partial charge < -0.3 is 9.47 Å². The van der Waals surface area contributed by atoms with Crippen molar-refractivity contribution in [1.82, 2.24) is 0 Å². The molecule has 0 aliphatic rings. The van der Waals surface area contributed by atoms with Crippen molar-refractivity contribution in [1.29, 1.82) is 0 Å². The minimum Gasteiger partial charge on any atom is -0.359 e. The van der Waals surface area contributed by atoms with Crippen molar-refractivity contribution < 1.29 is 9.47 Å². The highest BCUT2D eigenvalue weighted by atomic mass is 28.2. The van der Waals surface area contributed by atoms with E-state index in [-0.39, 0.29) is 9.52 Å². The Morgan fingerprint density at radius 1 is 1.38 bits per heavy atom. The molecule has 0 fully saturated rings. The minimum absolute atomic E-state index is 0.0838. The molecule has 0 amide bonds. The van der Waals surface area contributed by atoms with E-state index < -0.39 is 0 Å². The van der Waals surface area contributed by atoms with Gasteiger partial charge in [-0.05, 0) is 6.92 Å². The molecule has 0 N–H and O–H groups in total. The first-order chi connectivity index (χ1) is 3.91. The van der Waals surface area contributed by atoms with Crippen LogP contribution in [-0.4, -0.2) is 29.1 Å². The summed E-state index contributed by atoms with van der Waals surface area (Å²) >= 11 is 0. The zero-order valence-corrected chi connectivity index (χ0v) is 7.06. The predicted octanol–water partition coefficient (Wildman–Crippen LogP) is 0.171. The molecule has 0 spiro atoms. The molecule has 3 heteroatoms. The van der Waals surface area contributed by atoms with Crippen LogP contribution in [0.15, 0.2) is 0 Å². The molecule has 0 bridgehead atoms. The van der Waals surface area contributed by atoms with Gasteiger partial charge in [-0.2, -0.15) is 0 Å². The van der Waals surface area contributed by atoms with Crippen LogP contribution in [0.3, 0.4) is 0 Å². The third kappa shape index (κ3) is 6.14. The van der Waals surface area contributed by atoms with Crippen molar-refractivity contribution in [3.63, 3.8) is 0 Å². The first-order valence-corrected chi connectivity index (χ1v) is 5.48. The quantitative estimate of drug-likeness (QED) is 0.303. The highest BCUT2D eigenvalue weighted by Gasteiger charge is 1.81. The van der Waals surface area contributed by atoms with E-state index in [1.165, 1.54) is 0 Å². The molecule has 0 unspecified atom stereocenters. The lowest BCUT2D eigenvalue weighted by molar-refractivity contribution is -0.0333. The van der Waals surface area contributed by atoms with Crippen LogP contribution < -0.4 is 0 Å². The van der Waals surface area contributed by atoms with E-state index in [2.05, 4.69) is 6.55 Å². The largest absolute Gasteiger partial charge is 0.359 e. The van der Waals surface area contributed by atoms with Gasteiger partial charge in [-0.25, -0.2) is 0 Å². The van der Waals surface area contributed by atoms with Crippen LogP contribution in [0, 0.1) is 0 Å². The van der Waals surface area contributed by atoms with E-state index >= 15 is 0 Å². The summed E-state index contributed by atoms with van der Waals surface area (Å²) in [5.41, 5.74) is 0. The van der Waals surface area contributed by atoms with Crippen LogP contribution in [0.4, 0.5) is 0 Å². The van der Waals surface area contributed by atoms with E-state index in [1.807, 2.05) is 6.92 Å². The van der Waals surface area contributed by atoms with E-state index in [0.717, 1.165) is 12.8 Å². The molecule has 0 atom stereocenters. The minimum atomic E-state index is 0.0838. The second-order valence-corrected chi connectivity index (χ2v) is 2.93. The highest BCUT2D eigenvalue weighted by molar-refractivity contribution is 6.33. The monoisotopic (exact) mass is 134 g/mol. The molecule has 8 heavy (non-hydrogen) atoms. The number of hydrogen-bond donors (Lipinski definition) is 0. The van der Waals surface area contributed by atoms with Crippen LogP contribution >= 0.6 is 0 Å². The molecule has 0 aromatic heterocycles. The summed E-state index contributed by atoms with van der Waals surface area (Å²) in [4.78, 5) is 0. The first kappa shape index (κ1) is 8.14. The molecule has 0 rings (SSSR count). The summed E-state index contributed by atoms with van der Waals surface area (Å²) in [6, 6.07) is 0. The van der Waals surface area contributed by atoms with Gasteiger partial charge in [-0.15, -0.1) is 0 Å². The maximum absolute atomic E-state index is 5.06. The summed E-state index contributed by atoms with van der Waals surface area (Å²) < 4.78 is 10.00. The molecule has 2 nitrogen and oxygen atoms in total. The van der Waals surface area contributed by atoms with Gasteiger partial charge in [0.15, 0.2) is 0 Å². The van der Waals surface area contributed by atoms with Crippen LogP contribution in [0.25, 0.3) is 0 Å². The van der Waals surface area contributed by atoms with E-state index in [4.69, 9.17) is 9.47 Å². The van der Waals surface area contributed by atoms with Gasteiger partial charge in [0.2, 0.25) is 0 Å². The molecule has 0 heterocycles. The molecule has 50 valence electrons. The Labute approximate surface area is 53.0 Å². The highest BCUT2D eigenvalue weighted by Crippen LogP contribution is 1.74. The molecule has 0 saturated carbocycles. The summed E-state index contributed by atoms with van der Waals surface area (Å²) in [7, 11) is 0.0838. The Balaban J connectivity index is 2.53. The Morgan fingerprint density at radius 3 is 2.62 bits per heavy atom. The van der Waals surface area contributed by atoms with Crippen molar-refractivity contribution in [2.45, 2.75) is 13.5 Å². The second-order valence-electron chi connectivity index (χ2n) is 1.52. The molecule has 0 radical (unpaired) electrons. The summed E-state index contributed by atoms with van der Waals surface area (Å²) in [6.45, 7) is 5.42. The standard InChI is InChI=1S/C5H14O2Si/c1-3-6-4-7-5-8-2/h3-5,8H2,1-2H3. The maximum Gasteiger partial charge on any atom is 0.146 e. The lowest BCUT2D eigenvalue weighted by Crippen LogP contribution is -2.04. The second kappa shape index (κ2) is 7.14. The molecule has 0 aromatic rings. The molecule has 0 aromatic carbocycles. The van der Waals surface area contributed by atoms with Crippen molar-refractivity contribution in [3.05, 3.63) is 0 Å². The SMILES string of the molecule is CCOCOC[SiH2]C. The van der Waals surface area contributed by atoms with Crippen molar-refractivity contribution in [2.75, 3.05) is 19.6 Å². The van der Waals surface area contributed by atoms with Gasteiger partial charge in [0.1, 0.15) is 6.79 Å². The molecular weight excluding hydrogens is 120 g/mol. The Hall–Kier alpha value is 0.137. The van der Waals surface area contributed by atoms with Crippen molar-refractivity contribution in [2.24, 2.45) is 0 Å². The fraction of sp³-hybridized carbons (Fsp3) is 1.00. The van der Waals surface area contributed by atoms with Crippen LogP contribution in [-0.2, 0) is 9.47 Å². The first-order valence-electron chi connectivity index (χ1n) is 3.07. The van der Waals surface area contributed by atoms with Gasteiger partial charge in [0.25, 0.3) is 0 Å². The zero-order valence-electron chi connectivity index (χ0n) is 5.64. The number of hydrogen-bond acceptors (Lipinski definition) is 2. The predicted molar refractivity (Wildman–Crippen MR) is 36.9 cm³/mol. The van der Waals surface area contributed by atoms with Gasteiger partial charge >= 0.3 is 0 Å². The molecule has 0 saturated heterocycles. The smallest absolute Gasteiger partial charge is 0.146 e. The Morgan fingerprint density at radius 2 is 2.12 bits per heavy atom. The van der Waals surface area contributed by atoms with Crippen LogP contribution in [0.5, 0.6) is 0 Å². The van der Waals surface area contributed by atoms with E-state index in [1.54, 1.807) is 0 Å². The van der Waals surface area contributed by atoms with Gasteiger partial charge in [0, 0.05) is 22.4 Å². The van der Waals surface area contributed by atoms with Crippen molar-refractivity contribution >= 4 is 9.52 Å². The average molecular weight is 134 g/mol. The fourth-order valence-electron chi connectivity index (χ4n) is 0.346. The zero-order chi connectivity index (χ0) is 6.24. The molecule has 0 aliphatic carbocycles. The topological polar surface area (TPSA) is 18.5 Å². The van der Waals surface area contributed by atoms with Crippen LogP contribution in [0.2, 0.25) is 6.55 Å². The average Bonchev–Trinajstić information content (AvgIpc) is 1.81. The lowest BCUT2D eigenvalue weighted by atomic mass is 10.9. The lowest BCUT2D eigenvalue weighted by Gasteiger charge is -1.99. The van der Waals surface area contributed by atoms with Gasteiger partial charge in [0.05, 0.1) is 0 Å². The molecule has 0 aliphatic heterocycles. The van der Waals surface area contributed by atoms with Gasteiger partial charge in [-0.1, -0.05) is 6.55 Å². The summed E-state index contributed by atoms with van der Waals surface area (Å²) in [5.74, 6) is 0. The molecular formula is C5H14O2Si. The van der Waals surface area contributed by atoms with E-state index in [0.29, 0.717) is 6.79 Å². The third-order valence-corrected chi connectivity index (χ3v) is 1.42. The number of rotatable bonds is 5. The maximum atomic E-state index is 5.06. The van der Waals surface area contributed by atoms with Crippen molar-refractivity contribution in [3.8, 4) is 0 Å². The summed E-state index contributed by atoms with van der Waals surface area (Å²) in [6.07, 6.45) is 0.944. The van der Waals surface area contributed by atoms with E-state index in [9.17, 15) is 0 Å². The summed E-state index contributed by atoms with van der Waals surface area (Å²) in [5, 5.41) is 0. The Kier molecular flexibility index (Phi) is 7.26. The third-order valence-electron chi connectivity index (χ3n) is 0.719. The van der Waals surface area contributed by atoms with Gasteiger partial charge in [-0.3, -0.25) is 0 Å². The Bertz CT molecular complexity index is 35.4. The number of ether oxygens (including phenoxy) is 2. The van der Waals surface area contributed by atoms with Crippen LogP contribution in [0.1, 0.15) is 6.92 Å².